The number of carbonyl (C=O) groups is 3. The minimum absolute atomic E-state index is 0.00580. The van der Waals surface area contributed by atoms with Crippen LogP contribution >= 0.6 is 0 Å². The molecule has 0 unspecified atom stereocenters. The van der Waals surface area contributed by atoms with Crippen LogP contribution in [0.25, 0.3) is 0 Å². The Hall–Kier alpha value is -1.69. The van der Waals surface area contributed by atoms with Gasteiger partial charge in [-0.25, -0.2) is 0 Å². The van der Waals surface area contributed by atoms with Gasteiger partial charge in [0, 0.05) is 25.1 Å². The zero-order valence-corrected chi connectivity index (χ0v) is 9.42. The summed E-state index contributed by atoms with van der Waals surface area (Å²) in [5, 5.41) is 8.42. The lowest BCUT2D eigenvalue weighted by atomic mass is 10.2. The van der Waals surface area contributed by atoms with Gasteiger partial charge in [-0.1, -0.05) is 0 Å². The highest BCUT2D eigenvalue weighted by molar-refractivity contribution is 6.12. The van der Waals surface area contributed by atoms with E-state index < -0.39 is 0 Å². The summed E-state index contributed by atoms with van der Waals surface area (Å²) in [6.45, 7) is 0.137. The summed E-state index contributed by atoms with van der Waals surface area (Å²) in [7, 11) is 0. The highest BCUT2D eigenvalue weighted by Crippen LogP contribution is 2.06. The smallest absolute Gasteiger partial charge is 0.305 e. The lowest BCUT2D eigenvalue weighted by Gasteiger charge is -2.12. The van der Waals surface area contributed by atoms with Crippen molar-refractivity contribution >= 4 is 17.8 Å². The van der Waals surface area contributed by atoms with Crippen molar-refractivity contribution < 1.29 is 24.2 Å². The summed E-state index contributed by atoms with van der Waals surface area (Å²) in [5.41, 5.74) is 0. The molecule has 94 valence electrons. The second-order valence-corrected chi connectivity index (χ2v) is 3.56. The van der Waals surface area contributed by atoms with Crippen molar-refractivity contribution in [1.29, 1.82) is 0 Å². The second-order valence-electron chi connectivity index (χ2n) is 3.56. The number of aliphatic hydroxyl groups excluding tert-OH is 1. The van der Waals surface area contributed by atoms with Crippen molar-refractivity contribution in [3.8, 4) is 0 Å². The Labute approximate surface area is 98.8 Å². The Morgan fingerprint density at radius 1 is 1.24 bits per heavy atom. The summed E-state index contributed by atoms with van der Waals surface area (Å²) >= 11 is 0. The summed E-state index contributed by atoms with van der Waals surface area (Å²) in [6, 6.07) is 0. The van der Waals surface area contributed by atoms with Crippen molar-refractivity contribution in [3.63, 3.8) is 0 Å². The number of aliphatic hydroxyl groups is 1. The van der Waals surface area contributed by atoms with Crippen LogP contribution in [0.5, 0.6) is 0 Å². The normalized spacial score (nSPS) is 14.5. The van der Waals surface area contributed by atoms with Gasteiger partial charge in [-0.2, -0.15) is 0 Å². The number of imide groups is 1. The molecule has 0 atom stereocenters. The third kappa shape index (κ3) is 4.36. The molecular formula is C11H15NO5. The van der Waals surface area contributed by atoms with E-state index in [9.17, 15) is 14.4 Å². The van der Waals surface area contributed by atoms with Crippen LogP contribution in [0.15, 0.2) is 12.2 Å². The number of esters is 1. The van der Waals surface area contributed by atoms with Crippen LogP contribution in [0.2, 0.25) is 0 Å². The topological polar surface area (TPSA) is 83.9 Å². The first-order valence-electron chi connectivity index (χ1n) is 5.45. The van der Waals surface area contributed by atoms with E-state index in [0.717, 1.165) is 4.90 Å². The van der Waals surface area contributed by atoms with Crippen molar-refractivity contribution in [1.82, 2.24) is 4.90 Å². The van der Waals surface area contributed by atoms with Crippen LogP contribution < -0.4 is 0 Å². The molecule has 0 aliphatic carbocycles. The molecule has 0 radical (unpaired) electrons. The largest absolute Gasteiger partial charge is 0.463 e. The van der Waals surface area contributed by atoms with E-state index >= 15 is 0 Å². The van der Waals surface area contributed by atoms with E-state index in [1.165, 1.54) is 12.2 Å². The molecule has 0 aromatic carbocycles. The third-order valence-electron chi connectivity index (χ3n) is 2.27. The van der Waals surface area contributed by atoms with E-state index in [0.29, 0.717) is 19.4 Å². The number of hydrogen-bond acceptors (Lipinski definition) is 5. The van der Waals surface area contributed by atoms with Crippen molar-refractivity contribution in [2.45, 2.75) is 19.3 Å². The van der Waals surface area contributed by atoms with Crippen LogP contribution in [0, 0.1) is 0 Å². The number of ether oxygens (including phenoxy) is 1. The van der Waals surface area contributed by atoms with Gasteiger partial charge in [0.15, 0.2) is 0 Å². The Bertz CT molecular complexity index is 319. The maximum absolute atomic E-state index is 11.2. The maximum atomic E-state index is 11.2. The van der Waals surface area contributed by atoms with Crippen molar-refractivity contribution in [2.24, 2.45) is 0 Å². The zero-order valence-electron chi connectivity index (χ0n) is 9.42. The summed E-state index contributed by atoms with van der Waals surface area (Å²) in [6.07, 6.45) is 3.80. The lowest BCUT2D eigenvalue weighted by Crippen LogP contribution is -2.30. The first-order chi connectivity index (χ1) is 8.15. The Balaban J connectivity index is 2.10. The highest BCUT2D eigenvalue weighted by atomic mass is 16.5. The molecule has 1 aliphatic heterocycles. The highest BCUT2D eigenvalue weighted by Gasteiger charge is 2.22. The predicted octanol–water partition coefficient (Wildman–Crippen LogP) is -0.383. The minimum Gasteiger partial charge on any atom is -0.463 e. The molecule has 1 aliphatic rings. The predicted molar refractivity (Wildman–Crippen MR) is 57.8 cm³/mol. The molecule has 0 spiro atoms. The first-order valence-corrected chi connectivity index (χ1v) is 5.45. The Morgan fingerprint density at radius 3 is 2.47 bits per heavy atom. The summed E-state index contributed by atoms with van der Waals surface area (Å²) < 4.78 is 4.66. The van der Waals surface area contributed by atoms with Gasteiger partial charge in [-0.3, -0.25) is 19.3 Å². The monoisotopic (exact) mass is 241 g/mol. The maximum Gasteiger partial charge on any atom is 0.305 e. The van der Waals surface area contributed by atoms with E-state index in [-0.39, 0.29) is 37.4 Å². The lowest BCUT2D eigenvalue weighted by molar-refractivity contribution is -0.144. The SMILES string of the molecule is O=C(CCCCN1C(=O)C=CC1=O)OCCO. The van der Waals surface area contributed by atoms with Crippen LogP contribution in [0.3, 0.4) is 0 Å². The number of unbranched alkanes of at least 4 members (excludes halogenated alkanes) is 1. The van der Waals surface area contributed by atoms with Crippen molar-refractivity contribution in [3.05, 3.63) is 12.2 Å². The quantitative estimate of drug-likeness (QED) is 0.373. The molecule has 0 fully saturated rings. The molecule has 2 amide bonds. The average Bonchev–Trinajstić information content (AvgIpc) is 2.62. The molecule has 0 bridgehead atoms. The van der Waals surface area contributed by atoms with Gasteiger partial charge in [0.25, 0.3) is 11.8 Å². The fraction of sp³-hybridized carbons (Fsp3) is 0.545. The van der Waals surface area contributed by atoms with E-state index in [1.807, 2.05) is 0 Å². The fourth-order valence-corrected chi connectivity index (χ4v) is 1.42. The van der Waals surface area contributed by atoms with Gasteiger partial charge >= 0.3 is 5.97 Å². The summed E-state index contributed by atoms with van der Waals surface area (Å²) in [5.74, 6) is -0.994. The minimum atomic E-state index is -0.378. The first kappa shape index (κ1) is 13.4. The zero-order chi connectivity index (χ0) is 12.7. The van der Waals surface area contributed by atoms with Gasteiger partial charge in [0.1, 0.15) is 6.61 Å². The molecule has 1 N–H and O–H groups in total. The number of amides is 2. The summed E-state index contributed by atoms with van der Waals surface area (Å²) in [4.78, 5) is 34.5. The van der Waals surface area contributed by atoms with Gasteiger partial charge in [-0.15, -0.1) is 0 Å². The molecule has 6 heteroatoms. The molecule has 17 heavy (non-hydrogen) atoms. The van der Waals surface area contributed by atoms with Crippen LogP contribution in [0.1, 0.15) is 19.3 Å². The van der Waals surface area contributed by atoms with E-state index in [2.05, 4.69) is 4.74 Å². The van der Waals surface area contributed by atoms with Crippen LogP contribution in [0.4, 0.5) is 0 Å². The number of carbonyl (C=O) groups excluding carboxylic acids is 3. The van der Waals surface area contributed by atoms with Gasteiger partial charge in [0.2, 0.25) is 0 Å². The molecule has 1 rings (SSSR count). The molecule has 0 saturated carbocycles. The molecule has 1 heterocycles. The van der Waals surface area contributed by atoms with E-state index in [1.54, 1.807) is 0 Å². The number of nitrogens with zero attached hydrogens (tertiary/aromatic N) is 1. The van der Waals surface area contributed by atoms with Gasteiger partial charge in [-0.05, 0) is 12.8 Å². The molecule has 0 aromatic rings. The van der Waals surface area contributed by atoms with E-state index in [4.69, 9.17) is 5.11 Å². The molecular weight excluding hydrogens is 226 g/mol. The van der Waals surface area contributed by atoms with Crippen LogP contribution in [-0.2, 0) is 19.1 Å². The second kappa shape index (κ2) is 6.80. The fourth-order valence-electron chi connectivity index (χ4n) is 1.42. The van der Waals surface area contributed by atoms with Gasteiger partial charge in [0.05, 0.1) is 6.61 Å². The molecule has 6 nitrogen and oxygen atoms in total. The van der Waals surface area contributed by atoms with Crippen molar-refractivity contribution in [2.75, 3.05) is 19.8 Å². The Kier molecular flexibility index (Phi) is 5.35. The molecule has 0 aromatic heterocycles. The standard InChI is InChI=1S/C11H15NO5/c13-7-8-17-11(16)3-1-2-6-12-9(14)4-5-10(12)15/h4-5,13H,1-3,6-8H2. The van der Waals surface area contributed by atoms with Gasteiger partial charge < -0.3 is 9.84 Å². The number of hydrogen-bond donors (Lipinski definition) is 1. The third-order valence-corrected chi connectivity index (χ3v) is 2.27. The molecule has 0 saturated heterocycles. The number of rotatable bonds is 7. The Morgan fingerprint density at radius 2 is 1.88 bits per heavy atom. The average molecular weight is 241 g/mol. The van der Waals surface area contributed by atoms with Crippen LogP contribution in [-0.4, -0.2) is 47.5 Å².